The number of hydrogen-bond donors (Lipinski definition) is 2. The van der Waals surface area contributed by atoms with Crippen molar-refractivity contribution in [3.8, 4) is 11.3 Å². The van der Waals surface area contributed by atoms with Crippen molar-refractivity contribution in [1.82, 2.24) is 9.97 Å². The number of aryl methyl sites for hydroxylation is 3. The Morgan fingerprint density at radius 3 is 2.78 bits per heavy atom. The van der Waals surface area contributed by atoms with Gasteiger partial charge in [-0.1, -0.05) is 29.0 Å². The zero-order valence-corrected chi connectivity index (χ0v) is 16.9. The van der Waals surface area contributed by atoms with E-state index in [2.05, 4.69) is 20.6 Å². The fourth-order valence-electron chi connectivity index (χ4n) is 2.96. The Balaban J connectivity index is 1.59. The molecule has 3 aromatic rings. The van der Waals surface area contributed by atoms with Crippen LogP contribution < -0.4 is 10.6 Å². The maximum atomic E-state index is 12.5. The molecule has 4 rings (SSSR count). The van der Waals surface area contributed by atoms with Crippen molar-refractivity contribution in [2.75, 3.05) is 10.6 Å². The van der Waals surface area contributed by atoms with E-state index in [1.807, 2.05) is 32.0 Å². The minimum absolute atomic E-state index is 0.0283. The molecule has 0 unspecified atom stereocenters. The maximum Gasteiger partial charge on any atom is 0.269 e. The lowest BCUT2D eigenvalue weighted by Gasteiger charge is -2.17. The molecule has 0 bridgehead atoms. The largest absolute Gasteiger partial charge is 0.326 e. The molecule has 0 saturated heterocycles. The van der Waals surface area contributed by atoms with Gasteiger partial charge in [0.1, 0.15) is 14.9 Å². The molecule has 0 radical (unpaired) electrons. The number of halogens is 1. The molecule has 1 aromatic carbocycles. The van der Waals surface area contributed by atoms with Gasteiger partial charge >= 0.3 is 0 Å². The summed E-state index contributed by atoms with van der Waals surface area (Å²) in [4.78, 5) is 33.3. The Bertz CT molecular complexity index is 1070. The molecule has 0 saturated carbocycles. The number of thiazole rings is 2. The molecule has 9 heteroatoms. The van der Waals surface area contributed by atoms with Crippen LogP contribution in [0.5, 0.6) is 0 Å². The molecule has 2 aromatic heterocycles. The highest BCUT2D eigenvalue weighted by Gasteiger charge is 2.20. The summed E-state index contributed by atoms with van der Waals surface area (Å²) >= 11 is 8.95. The number of anilines is 2. The number of nitrogens with one attached hydrogen (secondary N) is 2. The first-order valence-electron chi connectivity index (χ1n) is 8.25. The van der Waals surface area contributed by atoms with Crippen LogP contribution in [0.3, 0.4) is 0 Å². The summed E-state index contributed by atoms with van der Waals surface area (Å²) in [7, 11) is 0. The Morgan fingerprint density at radius 2 is 2.04 bits per heavy atom. The number of fused-ring (bicyclic) bond motifs is 1. The molecule has 138 valence electrons. The summed E-state index contributed by atoms with van der Waals surface area (Å²) in [6, 6.07) is 5.71. The summed E-state index contributed by atoms with van der Waals surface area (Å²) in [5, 5.41) is 6.95. The van der Waals surface area contributed by atoms with Crippen LogP contribution in [-0.4, -0.2) is 21.8 Å². The Kier molecular flexibility index (Phi) is 4.71. The highest BCUT2D eigenvalue weighted by atomic mass is 35.5. The van der Waals surface area contributed by atoms with Gasteiger partial charge in [0, 0.05) is 17.7 Å². The molecule has 2 amide bonds. The second-order valence-corrected chi connectivity index (χ2v) is 8.97. The van der Waals surface area contributed by atoms with Gasteiger partial charge in [-0.15, -0.1) is 11.3 Å². The van der Waals surface area contributed by atoms with Crippen molar-refractivity contribution in [3.05, 3.63) is 43.7 Å². The molecule has 0 aliphatic carbocycles. The fraction of sp³-hybridized carbons (Fsp3) is 0.222. The zero-order chi connectivity index (χ0) is 19.1. The fourth-order valence-corrected chi connectivity index (χ4v) is 4.86. The molecule has 6 nitrogen and oxygen atoms in total. The lowest BCUT2D eigenvalue weighted by Crippen LogP contribution is -2.18. The van der Waals surface area contributed by atoms with Gasteiger partial charge in [0.05, 0.1) is 10.7 Å². The minimum atomic E-state index is -0.233. The molecule has 0 spiro atoms. The van der Waals surface area contributed by atoms with E-state index in [0.717, 1.165) is 21.8 Å². The number of carbonyl (C=O) groups excluding carboxylic acids is 2. The highest BCUT2D eigenvalue weighted by molar-refractivity contribution is 7.20. The highest BCUT2D eigenvalue weighted by Crippen LogP contribution is 2.37. The summed E-state index contributed by atoms with van der Waals surface area (Å²) in [5.41, 5.74) is 4.06. The van der Waals surface area contributed by atoms with E-state index in [9.17, 15) is 9.59 Å². The summed E-state index contributed by atoms with van der Waals surface area (Å²) < 4.78 is 0.502. The predicted molar refractivity (Wildman–Crippen MR) is 109 cm³/mol. The maximum absolute atomic E-state index is 12.5. The summed E-state index contributed by atoms with van der Waals surface area (Å²) in [6.45, 7) is 3.68. The van der Waals surface area contributed by atoms with E-state index < -0.39 is 0 Å². The lowest BCUT2D eigenvalue weighted by molar-refractivity contribution is -0.116. The van der Waals surface area contributed by atoms with Crippen molar-refractivity contribution in [3.63, 3.8) is 0 Å². The van der Waals surface area contributed by atoms with Gasteiger partial charge in [0.15, 0.2) is 5.13 Å². The second-order valence-electron chi connectivity index (χ2n) is 6.16. The zero-order valence-electron chi connectivity index (χ0n) is 14.6. The molecule has 0 atom stereocenters. The Morgan fingerprint density at radius 1 is 1.22 bits per heavy atom. The number of aromatic nitrogens is 2. The van der Waals surface area contributed by atoms with E-state index in [-0.39, 0.29) is 11.8 Å². The first-order chi connectivity index (χ1) is 12.9. The van der Waals surface area contributed by atoms with Crippen molar-refractivity contribution < 1.29 is 9.59 Å². The van der Waals surface area contributed by atoms with Crippen molar-refractivity contribution in [2.24, 2.45) is 0 Å². The number of benzene rings is 1. The van der Waals surface area contributed by atoms with Gasteiger partial charge in [-0.05, 0) is 38.0 Å². The van der Waals surface area contributed by atoms with E-state index in [1.165, 1.54) is 22.7 Å². The molecule has 3 heterocycles. The molecule has 1 aliphatic rings. The normalized spacial score (nSPS) is 13.2. The molecule has 27 heavy (non-hydrogen) atoms. The number of hydrogen-bond acceptors (Lipinski definition) is 6. The molecular weight excluding hydrogens is 404 g/mol. The predicted octanol–water partition coefficient (Wildman–Crippen LogP) is 4.67. The number of nitrogens with zero attached hydrogens (tertiary/aromatic N) is 2. The third-order valence-corrected chi connectivity index (χ3v) is 6.43. The molecule has 1 aliphatic heterocycles. The van der Waals surface area contributed by atoms with Crippen LogP contribution in [0, 0.1) is 13.8 Å². The first-order valence-corrected chi connectivity index (χ1v) is 10.3. The average Bonchev–Trinajstić information content (AvgIpc) is 3.15. The topological polar surface area (TPSA) is 84.0 Å². The van der Waals surface area contributed by atoms with Crippen molar-refractivity contribution >= 4 is 56.9 Å². The first kappa shape index (κ1) is 18.1. The van der Waals surface area contributed by atoms with Crippen LogP contribution in [0.2, 0.25) is 4.34 Å². The average molecular weight is 419 g/mol. The van der Waals surface area contributed by atoms with Gasteiger partial charge in [-0.2, -0.15) is 0 Å². The number of amides is 2. The summed E-state index contributed by atoms with van der Waals surface area (Å²) in [6.07, 6.45) is 1.15. The second kappa shape index (κ2) is 7.03. The Labute approximate surface area is 168 Å². The van der Waals surface area contributed by atoms with Crippen LogP contribution in [0.15, 0.2) is 18.2 Å². The summed E-state index contributed by atoms with van der Waals surface area (Å²) in [5.74, 6) is -0.205. The van der Waals surface area contributed by atoms with Gasteiger partial charge in [0.25, 0.3) is 5.91 Å². The quantitative estimate of drug-likeness (QED) is 0.647. The van der Waals surface area contributed by atoms with Gasteiger partial charge < -0.3 is 5.32 Å². The van der Waals surface area contributed by atoms with Crippen LogP contribution in [0.25, 0.3) is 11.3 Å². The van der Waals surface area contributed by atoms with E-state index in [0.29, 0.717) is 38.6 Å². The van der Waals surface area contributed by atoms with E-state index in [1.54, 1.807) is 0 Å². The van der Waals surface area contributed by atoms with Crippen LogP contribution in [-0.2, 0) is 11.2 Å². The standard InChI is InChI=1S/C18H15ClN4O2S2/c1-8-15(26-9(2)20-8)17(25)23-18-22-14(16(19)27-18)11-3-5-12-10(7-11)4-6-13(24)21-12/h3,5,7H,4,6H2,1-2H3,(H,21,24)(H,22,23,25). The van der Waals surface area contributed by atoms with Crippen LogP contribution in [0.4, 0.5) is 10.8 Å². The third kappa shape index (κ3) is 3.60. The van der Waals surface area contributed by atoms with Crippen molar-refractivity contribution in [1.29, 1.82) is 0 Å². The van der Waals surface area contributed by atoms with Gasteiger partial charge in [0.2, 0.25) is 5.91 Å². The minimum Gasteiger partial charge on any atom is -0.326 e. The molecular formula is C18H15ClN4O2S2. The third-order valence-electron chi connectivity index (χ3n) is 4.19. The van der Waals surface area contributed by atoms with E-state index >= 15 is 0 Å². The van der Waals surface area contributed by atoms with Crippen LogP contribution >= 0.6 is 34.3 Å². The van der Waals surface area contributed by atoms with Gasteiger partial charge in [-0.25, -0.2) is 9.97 Å². The Hall–Kier alpha value is -2.29. The van der Waals surface area contributed by atoms with E-state index in [4.69, 9.17) is 11.6 Å². The monoisotopic (exact) mass is 418 g/mol. The lowest BCUT2D eigenvalue weighted by atomic mass is 9.99. The molecule has 0 fully saturated rings. The van der Waals surface area contributed by atoms with Crippen LogP contribution in [0.1, 0.15) is 32.4 Å². The van der Waals surface area contributed by atoms with Crippen molar-refractivity contribution in [2.45, 2.75) is 26.7 Å². The molecule has 2 N–H and O–H groups in total. The number of carbonyl (C=O) groups is 2. The SMILES string of the molecule is Cc1nc(C)c(C(=O)Nc2nc(-c3ccc4c(c3)CCC(=O)N4)c(Cl)s2)s1. The van der Waals surface area contributed by atoms with Gasteiger partial charge in [-0.3, -0.25) is 14.9 Å². The smallest absolute Gasteiger partial charge is 0.269 e. The number of rotatable bonds is 3.